The second-order valence-corrected chi connectivity index (χ2v) is 6.93. The highest BCUT2D eigenvalue weighted by Crippen LogP contribution is 2.31. The third-order valence-corrected chi connectivity index (χ3v) is 5.28. The van der Waals surface area contributed by atoms with Crippen molar-refractivity contribution in [3.8, 4) is 11.5 Å². The first kappa shape index (κ1) is 18.1. The number of anilines is 1. The molecule has 0 saturated heterocycles. The minimum Gasteiger partial charge on any atom is -0.497 e. The summed E-state index contributed by atoms with van der Waals surface area (Å²) in [6.07, 6.45) is 1.48. The minimum atomic E-state index is -3.78. The van der Waals surface area contributed by atoms with Crippen LogP contribution in [0, 0.1) is 0 Å². The molecule has 2 rings (SSSR count). The Hall–Kier alpha value is -2.21. The van der Waals surface area contributed by atoms with E-state index in [-0.39, 0.29) is 10.6 Å². The SMILES string of the molecule is CCc1cccc(CC)c1NS(=O)(=O)c1ccc(OC)cc1OC. The number of nitrogens with one attached hydrogen (secondary N) is 1. The Labute approximate surface area is 143 Å². The van der Waals surface area contributed by atoms with Crippen molar-refractivity contribution in [1.82, 2.24) is 0 Å². The molecule has 0 heterocycles. The summed E-state index contributed by atoms with van der Waals surface area (Å²) in [5.74, 6) is 0.780. The second-order valence-electron chi connectivity index (χ2n) is 5.28. The Kier molecular flexibility index (Phi) is 5.72. The van der Waals surface area contributed by atoms with Crippen molar-refractivity contribution < 1.29 is 17.9 Å². The van der Waals surface area contributed by atoms with Gasteiger partial charge in [0.15, 0.2) is 0 Å². The largest absolute Gasteiger partial charge is 0.497 e. The molecule has 0 aromatic heterocycles. The third-order valence-electron chi connectivity index (χ3n) is 3.90. The van der Waals surface area contributed by atoms with Crippen LogP contribution in [0.25, 0.3) is 0 Å². The van der Waals surface area contributed by atoms with E-state index in [1.54, 1.807) is 12.1 Å². The number of methoxy groups -OCH3 is 2. The molecule has 2 aromatic carbocycles. The lowest BCUT2D eigenvalue weighted by Gasteiger charge is -2.17. The second kappa shape index (κ2) is 7.57. The maximum absolute atomic E-state index is 12.9. The summed E-state index contributed by atoms with van der Waals surface area (Å²) < 4.78 is 38.9. The number of hydrogen-bond donors (Lipinski definition) is 1. The minimum absolute atomic E-state index is 0.0822. The maximum Gasteiger partial charge on any atom is 0.265 e. The van der Waals surface area contributed by atoms with E-state index < -0.39 is 10.0 Å². The van der Waals surface area contributed by atoms with Crippen molar-refractivity contribution >= 4 is 15.7 Å². The zero-order valence-corrected chi connectivity index (χ0v) is 15.2. The van der Waals surface area contributed by atoms with Crippen molar-refractivity contribution in [3.05, 3.63) is 47.5 Å². The van der Waals surface area contributed by atoms with Crippen LogP contribution in [0.1, 0.15) is 25.0 Å². The Morgan fingerprint density at radius 3 is 2.08 bits per heavy atom. The molecule has 24 heavy (non-hydrogen) atoms. The predicted molar refractivity (Wildman–Crippen MR) is 95.6 cm³/mol. The van der Waals surface area contributed by atoms with Gasteiger partial charge in [-0.1, -0.05) is 32.0 Å². The highest BCUT2D eigenvalue weighted by molar-refractivity contribution is 7.92. The molecule has 5 nitrogen and oxygen atoms in total. The lowest BCUT2D eigenvalue weighted by atomic mass is 10.0. The van der Waals surface area contributed by atoms with Crippen LogP contribution < -0.4 is 14.2 Å². The van der Waals surface area contributed by atoms with Crippen molar-refractivity contribution in [1.29, 1.82) is 0 Å². The number of para-hydroxylation sites is 1. The van der Waals surface area contributed by atoms with Gasteiger partial charge in [0.1, 0.15) is 16.4 Å². The normalized spacial score (nSPS) is 11.2. The fourth-order valence-electron chi connectivity index (χ4n) is 2.56. The molecule has 0 amide bonds. The highest BCUT2D eigenvalue weighted by atomic mass is 32.2. The molecule has 0 aliphatic carbocycles. The molecule has 130 valence electrons. The molecule has 0 atom stereocenters. The molecule has 0 fully saturated rings. The van der Waals surface area contributed by atoms with Crippen LogP contribution in [0.2, 0.25) is 0 Å². The van der Waals surface area contributed by atoms with Gasteiger partial charge in [-0.2, -0.15) is 0 Å². The Bertz CT molecular complexity index is 794. The summed E-state index contributed by atoms with van der Waals surface area (Å²) in [5, 5.41) is 0. The lowest BCUT2D eigenvalue weighted by Crippen LogP contribution is -2.16. The van der Waals surface area contributed by atoms with Gasteiger partial charge >= 0.3 is 0 Å². The van der Waals surface area contributed by atoms with Crippen LogP contribution >= 0.6 is 0 Å². The average molecular weight is 349 g/mol. The van der Waals surface area contributed by atoms with Gasteiger partial charge in [-0.05, 0) is 36.1 Å². The summed E-state index contributed by atoms with van der Waals surface area (Å²) >= 11 is 0. The van der Waals surface area contributed by atoms with Crippen LogP contribution in [0.4, 0.5) is 5.69 Å². The Balaban J connectivity index is 2.50. The van der Waals surface area contributed by atoms with Gasteiger partial charge in [-0.3, -0.25) is 4.72 Å². The van der Waals surface area contributed by atoms with Gasteiger partial charge in [0.05, 0.1) is 19.9 Å². The molecule has 6 heteroatoms. The van der Waals surface area contributed by atoms with E-state index in [9.17, 15) is 8.42 Å². The van der Waals surface area contributed by atoms with Gasteiger partial charge in [-0.25, -0.2) is 8.42 Å². The van der Waals surface area contributed by atoms with Gasteiger partial charge in [-0.15, -0.1) is 0 Å². The van der Waals surface area contributed by atoms with Crippen LogP contribution in [-0.2, 0) is 22.9 Å². The first-order chi connectivity index (χ1) is 11.5. The van der Waals surface area contributed by atoms with Crippen LogP contribution in [0.3, 0.4) is 0 Å². The average Bonchev–Trinajstić information content (AvgIpc) is 2.60. The van der Waals surface area contributed by atoms with E-state index in [2.05, 4.69) is 4.72 Å². The van der Waals surface area contributed by atoms with Crippen LogP contribution in [-0.4, -0.2) is 22.6 Å². The van der Waals surface area contributed by atoms with E-state index in [1.165, 1.54) is 20.3 Å². The summed E-state index contributed by atoms with van der Waals surface area (Å²) in [5.41, 5.74) is 2.58. The van der Waals surface area contributed by atoms with Crippen molar-refractivity contribution in [3.63, 3.8) is 0 Å². The van der Waals surface area contributed by atoms with E-state index in [0.29, 0.717) is 11.4 Å². The molecule has 0 unspecified atom stereocenters. The van der Waals surface area contributed by atoms with Crippen LogP contribution in [0.5, 0.6) is 11.5 Å². The van der Waals surface area contributed by atoms with Gasteiger partial charge in [0.25, 0.3) is 10.0 Å². The molecule has 0 bridgehead atoms. The monoisotopic (exact) mass is 349 g/mol. The first-order valence-corrected chi connectivity index (χ1v) is 9.30. The molecule has 0 aliphatic rings. The topological polar surface area (TPSA) is 64.6 Å². The standard InChI is InChI=1S/C18H23NO4S/c1-5-13-8-7-9-14(6-2)18(13)19-24(20,21)17-11-10-15(22-3)12-16(17)23-4/h7-12,19H,5-6H2,1-4H3. The summed E-state index contributed by atoms with van der Waals surface area (Å²) in [4.78, 5) is 0.0822. The molecule has 0 aliphatic heterocycles. The molecular weight excluding hydrogens is 326 g/mol. The van der Waals surface area contributed by atoms with Crippen molar-refractivity contribution in [2.24, 2.45) is 0 Å². The number of benzene rings is 2. The van der Waals surface area contributed by atoms with E-state index in [1.807, 2.05) is 32.0 Å². The number of rotatable bonds is 7. The Morgan fingerprint density at radius 2 is 1.58 bits per heavy atom. The van der Waals surface area contributed by atoms with Gasteiger partial charge in [0, 0.05) is 6.07 Å². The molecule has 2 aromatic rings. The fraction of sp³-hybridized carbons (Fsp3) is 0.333. The quantitative estimate of drug-likeness (QED) is 0.829. The zero-order chi connectivity index (χ0) is 17.7. The van der Waals surface area contributed by atoms with Crippen LogP contribution in [0.15, 0.2) is 41.3 Å². The van der Waals surface area contributed by atoms with Gasteiger partial charge in [0.2, 0.25) is 0 Å². The molecule has 0 spiro atoms. The number of hydrogen-bond acceptors (Lipinski definition) is 4. The molecule has 0 radical (unpaired) electrons. The highest BCUT2D eigenvalue weighted by Gasteiger charge is 2.22. The molecular formula is C18H23NO4S. The fourth-order valence-corrected chi connectivity index (χ4v) is 3.86. The van der Waals surface area contributed by atoms with E-state index in [4.69, 9.17) is 9.47 Å². The lowest BCUT2D eigenvalue weighted by molar-refractivity contribution is 0.386. The van der Waals surface area contributed by atoms with Gasteiger partial charge < -0.3 is 9.47 Å². The number of sulfonamides is 1. The smallest absolute Gasteiger partial charge is 0.265 e. The maximum atomic E-state index is 12.9. The third kappa shape index (κ3) is 3.64. The van der Waals surface area contributed by atoms with E-state index >= 15 is 0 Å². The summed E-state index contributed by atoms with van der Waals surface area (Å²) in [7, 11) is -0.821. The summed E-state index contributed by atoms with van der Waals surface area (Å²) in [6, 6.07) is 10.5. The molecule has 0 saturated carbocycles. The van der Waals surface area contributed by atoms with E-state index in [0.717, 1.165) is 24.0 Å². The Morgan fingerprint density at radius 1 is 0.958 bits per heavy atom. The van der Waals surface area contributed by atoms with Crippen molar-refractivity contribution in [2.75, 3.05) is 18.9 Å². The first-order valence-electron chi connectivity index (χ1n) is 7.82. The predicted octanol–water partition coefficient (Wildman–Crippen LogP) is 3.63. The summed E-state index contributed by atoms with van der Waals surface area (Å²) in [6.45, 7) is 4.00. The number of ether oxygens (including phenoxy) is 2. The number of aryl methyl sites for hydroxylation is 2. The zero-order valence-electron chi connectivity index (χ0n) is 14.4. The molecule has 1 N–H and O–H groups in total. The van der Waals surface area contributed by atoms with Crippen molar-refractivity contribution in [2.45, 2.75) is 31.6 Å².